The van der Waals surface area contributed by atoms with Crippen LogP contribution in [0.4, 0.5) is 0 Å². The average Bonchev–Trinajstić information content (AvgIpc) is 2.77. The number of nitrogens with zero attached hydrogens (tertiary/aromatic N) is 1. The highest BCUT2D eigenvalue weighted by atomic mass is 16.3. The number of hydrogen-bond acceptors (Lipinski definition) is 4. The third-order valence-corrected chi connectivity index (χ3v) is 4.15. The molecule has 1 aromatic heterocycles. The van der Waals surface area contributed by atoms with Crippen molar-refractivity contribution in [2.24, 2.45) is 11.7 Å². The van der Waals surface area contributed by atoms with Gasteiger partial charge in [-0.05, 0) is 49.3 Å². The van der Waals surface area contributed by atoms with Crippen molar-refractivity contribution >= 4 is 11.1 Å². The molecular formula is C15H20N2O2. The van der Waals surface area contributed by atoms with Crippen LogP contribution in [0.2, 0.25) is 0 Å². The first-order valence-electron chi connectivity index (χ1n) is 6.94. The maximum Gasteiger partial charge on any atom is 0.192 e. The Morgan fingerprint density at radius 2 is 2.05 bits per heavy atom. The van der Waals surface area contributed by atoms with Crippen molar-refractivity contribution < 1.29 is 9.52 Å². The van der Waals surface area contributed by atoms with Crippen molar-refractivity contribution in [2.45, 2.75) is 44.8 Å². The molecule has 0 aliphatic heterocycles. The van der Waals surface area contributed by atoms with Gasteiger partial charge in [0.15, 0.2) is 11.5 Å². The monoisotopic (exact) mass is 260 g/mol. The highest BCUT2D eigenvalue weighted by Gasteiger charge is 2.25. The standard InChI is InChI=1S/C15H20N2O2/c1-9-17-13-8-11(4-7-14(13)19-9)15(16)10-2-5-12(18)6-3-10/h4,7-8,10,12,15,18H,2-3,5-6,16H2,1H3. The molecule has 1 aliphatic carbocycles. The van der Waals surface area contributed by atoms with Crippen LogP contribution in [0, 0.1) is 12.8 Å². The third-order valence-electron chi connectivity index (χ3n) is 4.15. The summed E-state index contributed by atoms with van der Waals surface area (Å²) in [6.45, 7) is 1.85. The summed E-state index contributed by atoms with van der Waals surface area (Å²) in [5, 5.41) is 9.56. The average molecular weight is 260 g/mol. The minimum atomic E-state index is -0.135. The van der Waals surface area contributed by atoms with E-state index in [4.69, 9.17) is 10.2 Å². The van der Waals surface area contributed by atoms with E-state index in [0.29, 0.717) is 11.8 Å². The summed E-state index contributed by atoms with van der Waals surface area (Å²) in [6, 6.07) is 6.03. The van der Waals surface area contributed by atoms with Crippen molar-refractivity contribution in [1.29, 1.82) is 0 Å². The van der Waals surface area contributed by atoms with E-state index in [1.54, 1.807) is 0 Å². The number of hydrogen-bond donors (Lipinski definition) is 2. The Balaban J connectivity index is 1.82. The first-order valence-corrected chi connectivity index (χ1v) is 6.94. The second-order valence-electron chi connectivity index (χ2n) is 5.55. The number of aryl methyl sites for hydroxylation is 1. The molecule has 0 amide bonds. The van der Waals surface area contributed by atoms with Crippen LogP contribution >= 0.6 is 0 Å². The van der Waals surface area contributed by atoms with Gasteiger partial charge in [0.05, 0.1) is 6.10 Å². The summed E-state index contributed by atoms with van der Waals surface area (Å²) in [4.78, 5) is 4.35. The summed E-state index contributed by atoms with van der Waals surface area (Å²) in [5.74, 6) is 1.13. The van der Waals surface area contributed by atoms with E-state index in [0.717, 1.165) is 42.3 Å². The summed E-state index contributed by atoms with van der Waals surface area (Å²) in [6.07, 6.45) is 3.59. The molecule has 4 heteroatoms. The van der Waals surface area contributed by atoms with E-state index in [1.165, 1.54) is 0 Å². The van der Waals surface area contributed by atoms with Crippen molar-refractivity contribution in [1.82, 2.24) is 4.98 Å². The number of nitrogens with two attached hydrogens (primary N) is 1. The van der Waals surface area contributed by atoms with Gasteiger partial charge in [-0.1, -0.05) is 6.07 Å². The van der Waals surface area contributed by atoms with Gasteiger partial charge in [0.25, 0.3) is 0 Å². The molecule has 1 saturated carbocycles. The Morgan fingerprint density at radius 3 is 2.79 bits per heavy atom. The fraction of sp³-hybridized carbons (Fsp3) is 0.533. The van der Waals surface area contributed by atoms with Gasteiger partial charge >= 0.3 is 0 Å². The highest BCUT2D eigenvalue weighted by molar-refractivity contribution is 5.73. The molecule has 1 unspecified atom stereocenters. The van der Waals surface area contributed by atoms with E-state index >= 15 is 0 Å². The first kappa shape index (κ1) is 12.6. The minimum Gasteiger partial charge on any atom is -0.441 e. The van der Waals surface area contributed by atoms with E-state index in [9.17, 15) is 5.11 Å². The lowest BCUT2D eigenvalue weighted by Gasteiger charge is -2.30. The molecule has 4 nitrogen and oxygen atoms in total. The summed E-state index contributed by atoms with van der Waals surface area (Å²) >= 11 is 0. The molecule has 102 valence electrons. The Bertz CT molecular complexity index is 571. The van der Waals surface area contributed by atoms with Gasteiger partial charge in [-0.25, -0.2) is 4.98 Å². The van der Waals surface area contributed by atoms with Crippen LogP contribution in [0.3, 0.4) is 0 Å². The number of aromatic nitrogens is 1. The van der Waals surface area contributed by atoms with Crippen LogP contribution < -0.4 is 5.73 Å². The Labute approximate surface area is 112 Å². The van der Waals surface area contributed by atoms with Crippen molar-refractivity contribution in [3.05, 3.63) is 29.7 Å². The highest BCUT2D eigenvalue weighted by Crippen LogP contribution is 2.34. The number of aliphatic hydroxyl groups excluding tert-OH is 1. The molecule has 2 aromatic rings. The van der Waals surface area contributed by atoms with Crippen molar-refractivity contribution in [2.75, 3.05) is 0 Å². The van der Waals surface area contributed by atoms with Gasteiger partial charge in [-0.3, -0.25) is 0 Å². The van der Waals surface area contributed by atoms with Crippen molar-refractivity contribution in [3.63, 3.8) is 0 Å². The van der Waals surface area contributed by atoms with Crippen LogP contribution in [-0.4, -0.2) is 16.2 Å². The predicted molar refractivity (Wildman–Crippen MR) is 73.6 cm³/mol. The second-order valence-corrected chi connectivity index (χ2v) is 5.55. The number of rotatable bonds is 2. The fourth-order valence-electron chi connectivity index (χ4n) is 3.00. The maximum atomic E-state index is 9.56. The zero-order chi connectivity index (χ0) is 13.4. The van der Waals surface area contributed by atoms with Gasteiger partial charge in [0, 0.05) is 13.0 Å². The molecule has 1 aromatic carbocycles. The van der Waals surface area contributed by atoms with E-state index in [2.05, 4.69) is 4.98 Å². The topological polar surface area (TPSA) is 72.3 Å². The normalized spacial score (nSPS) is 25.6. The molecule has 0 radical (unpaired) electrons. The number of benzene rings is 1. The third kappa shape index (κ3) is 2.51. The van der Waals surface area contributed by atoms with Crippen molar-refractivity contribution in [3.8, 4) is 0 Å². The second kappa shape index (κ2) is 4.94. The molecule has 1 aliphatic rings. The van der Waals surface area contributed by atoms with Crippen LogP contribution in [0.15, 0.2) is 22.6 Å². The summed E-state index contributed by atoms with van der Waals surface area (Å²) in [7, 11) is 0. The zero-order valence-electron chi connectivity index (χ0n) is 11.2. The Kier molecular flexibility index (Phi) is 3.29. The molecule has 3 rings (SSSR count). The van der Waals surface area contributed by atoms with E-state index < -0.39 is 0 Å². The molecule has 3 N–H and O–H groups in total. The van der Waals surface area contributed by atoms with Gasteiger partial charge in [-0.15, -0.1) is 0 Å². The molecule has 19 heavy (non-hydrogen) atoms. The maximum absolute atomic E-state index is 9.56. The van der Waals surface area contributed by atoms with Crippen LogP contribution in [0.25, 0.3) is 11.1 Å². The van der Waals surface area contributed by atoms with Crippen LogP contribution in [0.1, 0.15) is 43.2 Å². The molecule has 1 heterocycles. The molecule has 0 bridgehead atoms. The largest absolute Gasteiger partial charge is 0.441 e. The molecule has 0 saturated heterocycles. The Hall–Kier alpha value is -1.39. The first-order chi connectivity index (χ1) is 9.13. The lowest BCUT2D eigenvalue weighted by molar-refractivity contribution is 0.102. The van der Waals surface area contributed by atoms with Crippen LogP contribution in [-0.2, 0) is 0 Å². The summed E-state index contributed by atoms with van der Waals surface area (Å²) < 4.78 is 5.48. The molecule has 1 fully saturated rings. The number of fused-ring (bicyclic) bond motifs is 1. The molecule has 0 spiro atoms. The number of oxazole rings is 1. The van der Waals surface area contributed by atoms with E-state index in [1.807, 2.05) is 25.1 Å². The zero-order valence-corrected chi connectivity index (χ0v) is 11.2. The van der Waals surface area contributed by atoms with Gasteiger partial charge in [0.2, 0.25) is 0 Å². The quantitative estimate of drug-likeness (QED) is 0.870. The molecule has 1 atom stereocenters. The predicted octanol–water partition coefficient (Wildman–Crippen LogP) is 2.69. The molecular weight excluding hydrogens is 240 g/mol. The van der Waals surface area contributed by atoms with E-state index in [-0.39, 0.29) is 12.1 Å². The SMILES string of the molecule is Cc1nc2cc(C(N)C3CCC(O)CC3)ccc2o1. The van der Waals surface area contributed by atoms with Gasteiger partial charge in [-0.2, -0.15) is 0 Å². The lowest BCUT2D eigenvalue weighted by Crippen LogP contribution is -2.27. The fourth-order valence-corrected chi connectivity index (χ4v) is 3.00. The van der Waals surface area contributed by atoms with Crippen LogP contribution in [0.5, 0.6) is 0 Å². The van der Waals surface area contributed by atoms with Gasteiger partial charge < -0.3 is 15.3 Å². The van der Waals surface area contributed by atoms with Gasteiger partial charge in [0.1, 0.15) is 5.52 Å². The summed E-state index contributed by atoms with van der Waals surface area (Å²) in [5.41, 5.74) is 9.17. The number of aliphatic hydroxyl groups is 1. The minimum absolute atomic E-state index is 0.0221. The smallest absolute Gasteiger partial charge is 0.192 e. The lowest BCUT2D eigenvalue weighted by atomic mass is 9.80. The Morgan fingerprint density at radius 1 is 1.32 bits per heavy atom.